The molecule has 0 amide bonds. The van der Waals surface area contributed by atoms with Gasteiger partial charge >= 0.3 is 0 Å². The second-order valence-electron chi connectivity index (χ2n) is 12.5. The van der Waals surface area contributed by atoms with Crippen molar-refractivity contribution in [2.45, 2.75) is 82.3 Å². The van der Waals surface area contributed by atoms with Crippen LogP contribution in [0, 0.1) is 41.4 Å². The summed E-state index contributed by atoms with van der Waals surface area (Å²) in [4.78, 5) is 5.34. The first-order valence-electron chi connectivity index (χ1n) is 14.4. The van der Waals surface area contributed by atoms with Gasteiger partial charge in [0.25, 0.3) is 0 Å². The van der Waals surface area contributed by atoms with Crippen molar-refractivity contribution in [3.63, 3.8) is 0 Å². The standard InChI is InChI=1S/C27H47N3O4/c31-15-17-9-10-29-13-20(18-5-1-3-7-22(18)29)24-25(27(33)28-26(24)32)21-14-30(11-12-34-16-17)23-8-4-2-6-19(21)23/h17-28,31-33H,1-16H2. The summed E-state index contributed by atoms with van der Waals surface area (Å²) in [5, 5.41) is 35.8. The van der Waals surface area contributed by atoms with Gasteiger partial charge < -0.3 is 20.1 Å². The summed E-state index contributed by atoms with van der Waals surface area (Å²) in [6, 6.07) is 1.19. The molecule has 194 valence electrons. The average Bonchev–Trinajstić information content (AvgIpc) is 3.48. The van der Waals surface area contributed by atoms with Crippen LogP contribution in [0.2, 0.25) is 0 Å². The summed E-state index contributed by atoms with van der Waals surface area (Å²) >= 11 is 0. The van der Waals surface area contributed by atoms with Crippen LogP contribution in [0.3, 0.4) is 0 Å². The summed E-state index contributed by atoms with van der Waals surface area (Å²) in [5.74, 6) is 2.61. The molecule has 0 spiro atoms. The minimum atomic E-state index is -0.604. The highest BCUT2D eigenvalue weighted by Gasteiger charge is 2.58. The molecule has 0 aromatic rings. The highest BCUT2D eigenvalue weighted by Crippen LogP contribution is 2.53. The van der Waals surface area contributed by atoms with E-state index in [1.54, 1.807) is 0 Å². The molecule has 6 rings (SSSR count). The van der Waals surface area contributed by atoms with Crippen molar-refractivity contribution in [1.29, 1.82) is 0 Å². The van der Waals surface area contributed by atoms with Crippen molar-refractivity contribution in [3.8, 4) is 0 Å². The van der Waals surface area contributed by atoms with Gasteiger partial charge in [-0.1, -0.05) is 25.7 Å². The van der Waals surface area contributed by atoms with Crippen LogP contribution in [-0.4, -0.2) is 95.7 Å². The summed E-state index contributed by atoms with van der Waals surface area (Å²) in [7, 11) is 0. The van der Waals surface area contributed by atoms with Gasteiger partial charge in [-0.05, 0) is 62.3 Å². The van der Waals surface area contributed by atoms with Crippen molar-refractivity contribution in [1.82, 2.24) is 15.1 Å². The largest absolute Gasteiger partial charge is 0.396 e. The van der Waals surface area contributed by atoms with Crippen molar-refractivity contribution in [2.75, 3.05) is 46.0 Å². The monoisotopic (exact) mass is 477 g/mol. The first-order valence-corrected chi connectivity index (χ1v) is 14.4. The average molecular weight is 478 g/mol. The SMILES string of the molecule is OCC1CCN2CC(C3CCCCC32)C2C(O)NC(O)C2C2CN(CCOC1)C1CCCCC21. The number of fused-ring (bicyclic) bond motifs is 13. The number of ether oxygens (including phenoxy) is 1. The molecule has 4 heterocycles. The maximum Gasteiger partial charge on any atom is 0.110 e. The molecule has 13 atom stereocenters. The maximum atomic E-state index is 11.3. The Morgan fingerprint density at radius 2 is 1.26 bits per heavy atom. The quantitative estimate of drug-likeness (QED) is 0.455. The fourth-order valence-corrected chi connectivity index (χ4v) is 9.46. The van der Waals surface area contributed by atoms with Gasteiger partial charge in [-0.2, -0.15) is 0 Å². The first kappa shape index (κ1) is 24.1. The fraction of sp³-hybridized carbons (Fsp3) is 1.00. The normalized spacial score (nSPS) is 53.9. The van der Waals surface area contributed by atoms with Crippen LogP contribution in [0.5, 0.6) is 0 Å². The molecule has 0 aromatic heterocycles. The lowest BCUT2D eigenvalue weighted by Crippen LogP contribution is -2.41. The predicted molar refractivity (Wildman–Crippen MR) is 130 cm³/mol. The predicted octanol–water partition coefficient (Wildman–Crippen LogP) is 1.47. The molecule has 0 aromatic carbocycles. The van der Waals surface area contributed by atoms with Gasteiger partial charge in [-0.25, -0.2) is 0 Å². The van der Waals surface area contributed by atoms with Crippen LogP contribution < -0.4 is 5.32 Å². The summed E-state index contributed by atoms with van der Waals surface area (Å²) in [5.41, 5.74) is 0. The molecule has 4 saturated heterocycles. The van der Waals surface area contributed by atoms with Crippen molar-refractivity contribution in [2.24, 2.45) is 41.4 Å². The van der Waals surface area contributed by atoms with E-state index in [1.807, 2.05) is 0 Å². The van der Waals surface area contributed by atoms with Crippen LogP contribution in [0.1, 0.15) is 57.8 Å². The van der Waals surface area contributed by atoms with E-state index in [9.17, 15) is 15.3 Å². The molecule has 4 aliphatic heterocycles. The Kier molecular flexibility index (Phi) is 7.25. The third-order valence-electron chi connectivity index (χ3n) is 11.0. The lowest BCUT2D eigenvalue weighted by Gasteiger charge is -2.39. The van der Waals surface area contributed by atoms with Gasteiger partial charge in [0.2, 0.25) is 0 Å². The number of hydrogen-bond acceptors (Lipinski definition) is 7. The molecule has 13 unspecified atom stereocenters. The fourth-order valence-electron chi connectivity index (χ4n) is 9.46. The Labute approximate surface area is 205 Å². The number of nitrogens with one attached hydrogen (secondary N) is 1. The Bertz CT molecular complexity index is 697. The minimum absolute atomic E-state index is 0.133. The molecule has 4 bridgehead atoms. The molecule has 4 N–H and O–H groups in total. The third kappa shape index (κ3) is 4.27. The van der Waals surface area contributed by atoms with Gasteiger partial charge in [0, 0.05) is 56.1 Å². The molecule has 6 fully saturated rings. The highest BCUT2D eigenvalue weighted by molar-refractivity contribution is 5.07. The molecule has 34 heavy (non-hydrogen) atoms. The van der Waals surface area contributed by atoms with Crippen LogP contribution in [0.15, 0.2) is 0 Å². The van der Waals surface area contributed by atoms with Gasteiger partial charge in [-0.3, -0.25) is 15.1 Å². The van der Waals surface area contributed by atoms with E-state index in [-0.39, 0.29) is 24.4 Å². The topological polar surface area (TPSA) is 88.4 Å². The molecule has 7 nitrogen and oxygen atoms in total. The molecule has 2 aliphatic carbocycles. The second kappa shape index (κ2) is 10.2. The first-order chi connectivity index (χ1) is 16.7. The van der Waals surface area contributed by atoms with Crippen LogP contribution in [0.25, 0.3) is 0 Å². The van der Waals surface area contributed by atoms with Crippen LogP contribution >= 0.6 is 0 Å². The smallest absolute Gasteiger partial charge is 0.110 e. The van der Waals surface area contributed by atoms with E-state index < -0.39 is 12.5 Å². The van der Waals surface area contributed by atoms with Gasteiger partial charge in [0.05, 0.1) is 13.2 Å². The van der Waals surface area contributed by atoms with E-state index in [0.29, 0.717) is 42.4 Å². The molecule has 7 heteroatoms. The number of nitrogens with zero attached hydrogens (tertiary/aromatic N) is 2. The summed E-state index contributed by atoms with van der Waals surface area (Å²) < 4.78 is 6.13. The number of hydrogen-bond donors (Lipinski definition) is 4. The number of rotatable bonds is 1. The Hall–Kier alpha value is -0.280. The zero-order chi connectivity index (χ0) is 23.2. The van der Waals surface area contributed by atoms with E-state index in [2.05, 4.69) is 15.1 Å². The maximum absolute atomic E-state index is 11.3. The van der Waals surface area contributed by atoms with Gasteiger partial charge in [0.1, 0.15) is 12.5 Å². The second-order valence-corrected chi connectivity index (χ2v) is 12.5. The Morgan fingerprint density at radius 3 is 1.85 bits per heavy atom. The van der Waals surface area contributed by atoms with E-state index in [4.69, 9.17) is 4.74 Å². The summed E-state index contributed by atoms with van der Waals surface area (Å²) in [6.07, 6.45) is 9.99. The number of aliphatic hydroxyl groups is 3. The van der Waals surface area contributed by atoms with Crippen LogP contribution in [0.4, 0.5) is 0 Å². The van der Waals surface area contributed by atoms with E-state index >= 15 is 0 Å². The van der Waals surface area contributed by atoms with E-state index in [0.717, 1.165) is 39.2 Å². The minimum Gasteiger partial charge on any atom is -0.396 e. The molecular formula is C27H47N3O4. The lowest BCUT2D eigenvalue weighted by atomic mass is 9.65. The highest BCUT2D eigenvalue weighted by atomic mass is 16.5. The van der Waals surface area contributed by atoms with Crippen molar-refractivity contribution >= 4 is 0 Å². The lowest BCUT2D eigenvalue weighted by molar-refractivity contribution is 0.0158. The Morgan fingerprint density at radius 1 is 0.706 bits per heavy atom. The van der Waals surface area contributed by atoms with Gasteiger partial charge in [0.15, 0.2) is 0 Å². The molecule has 6 aliphatic rings. The van der Waals surface area contributed by atoms with Crippen molar-refractivity contribution in [3.05, 3.63) is 0 Å². The molecular weight excluding hydrogens is 430 g/mol. The zero-order valence-corrected chi connectivity index (χ0v) is 20.8. The summed E-state index contributed by atoms with van der Waals surface area (Å²) in [6.45, 7) is 5.59. The number of aliphatic hydroxyl groups excluding tert-OH is 3. The third-order valence-corrected chi connectivity index (χ3v) is 11.0. The molecule has 2 saturated carbocycles. The van der Waals surface area contributed by atoms with Crippen LogP contribution in [-0.2, 0) is 4.74 Å². The van der Waals surface area contributed by atoms with Gasteiger partial charge in [-0.15, -0.1) is 0 Å². The van der Waals surface area contributed by atoms with E-state index in [1.165, 1.54) is 51.4 Å². The molecule has 0 radical (unpaired) electrons. The Balaban J connectivity index is 1.33. The zero-order valence-electron chi connectivity index (χ0n) is 20.8. The van der Waals surface area contributed by atoms with Crippen molar-refractivity contribution < 1.29 is 20.1 Å².